The average Bonchev–Trinajstić information content (AvgIpc) is 2.79. The Morgan fingerprint density at radius 1 is 1.24 bits per heavy atom. The van der Waals surface area contributed by atoms with Gasteiger partial charge in [0.25, 0.3) is 0 Å². The smallest absolute Gasteiger partial charge is 0.168 e. The second-order valence-electron chi connectivity index (χ2n) is 5.26. The van der Waals surface area contributed by atoms with Gasteiger partial charge in [-0.25, -0.2) is 4.98 Å². The fourth-order valence-electron chi connectivity index (χ4n) is 2.49. The predicted molar refractivity (Wildman–Crippen MR) is 84.3 cm³/mol. The first-order valence-corrected chi connectivity index (χ1v) is 7.14. The first-order chi connectivity index (χ1) is 10.1. The van der Waals surface area contributed by atoms with Crippen LogP contribution in [0.2, 0.25) is 5.02 Å². The number of pyridine rings is 1. The van der Waals surface area contributed by atoms with E-state index >= 15 is 0 Å². The SMILES string of the molecule is Cc1ccc(Cc2nc3c(C)cc(Cl)cn3c2C=O)cc1. The second kappa shape index (κ2) is 5.34. The van der Waals surface area contributed by atoms with Crippen molar-refractivity contribution in [3.63, 3.8) is 0 Å². The van der Waals surface area contributed by atoms with Crippen molar-refractivity contribution < 1.29 is 4.79 Å². The van der Waals surface area contributed by atoms with Gasteiger partial charge in [0, 0.05) is 12.6 Å². The van der Waals surface area contributed by atoms with Crippen molar-refractivity contribution in [3.8, 4) is 0 Å². The van der Waals surface area contributed by atoms with E-state index in [1.165, 1.54) is 5.56 Å². The number of aromatic nitrogens is 2. The number of carbonyl (C=O) groups is 1. The summed E-state index contributed by atoms with van der Waals surface area (Å²) >= 11 is 6.08. The van der Waals surface area contributed by atoms with Crippen LogP contribution in [0.3, 0.4) is 0 Å². The van der Waals surface area contributed by atoms with Crippen molar-refractivity contribution in [3.05, 3.63) is 69.6 Å². The molecule has 0 unspecified atom stereocenters. The van der Waals surface area contributed by atoms with Crippen molar-refractivity contribution >= 4 is 23.5 Å². The Morgan fingerprint density at radius 2 is 1.95 bits per heavy atom. The van der Waals surface area contributed by atoms with E-state index in [1.807, 2.05) is 13.0 Å². The molecule has 0 aliphatic rings. The Balaban J connectivity index is 2.12. The lowest BCUT2D eigenvalue weighted by molar-refractivity contribution is 0.111. The molecular weight excluding hydrogens is 284 g/mol. The lowest BCUT2D eigenvalue weighted by atomic mass is 10.1. The average molecular weight is 299 g/mol. The van der Waals surface area contributed by atoms with Crippen molar-refractivity contribution in [2.45, 2.75) is 20.3 Å². The predicted octanol–water partition coefficient (Wildman–Crippen LogP) is 4.01. The molecule has 4 heteroatoms. The van der Waals surface area contributed by atoms with Crippen molar-refractivity contribution in [2.24, 2.45) is 0 Å². The molecule has 3 nitrogen and oxygen atoms in total. The third kappa shape index (κ3) is 2.57. The molecule has 106 valence electrons. The largest absolute Gasteiger partial charge is 0.296 e. The van der Waals surface area contributed by atoms with Gasteiger partial charge in [-0.3, -0.25) is 9.20 Å². The number of carbonyl (C=O) groups excluding carboxylic acids is 1. The van der Waals surface area contributed by atoms with Crippen LogP contribution in [0.25, 0.3) is 5.65 Å². The number of hydrogen-bond donors (Lipinski definition) is 0. The summed E-state index contributed by atoms with van der Waals surface area (Å²) in [4.78, 5) is 16.1. The van der Waals surface area contributed by atoms with Gasteiger partial charge in [0.2, 0.25) is 0 Å². The lowest BCUT2D eigenvalue weighted by Gasteiger charge is -2.01. The quantitative estimate of drug-likeness (QED) is 0.685. The molecule has 0 aliphatic heterocycles. The summed E-state index contributed by atoms with van der Waals surface area (Å²) in [5.74, 6) is 0. The van der Waals surface area contributed by atoms with Crippen LogP contribution in [-0.2, 0) is 6.42 Å². The summed E-state index contributed by atoms with van der Waals surface area (Å²) < 4.78 is 1.77. The van der Waals surface area contributed by atoms with Crippen LogP contribution in [0.4, 0.5) is 0 Å². The van der Waals surface area contributed by atoms with Crippen molar-refractivity contribution in [1.29, 1.82) is 0 Å². The van der Waals surface area contributed by atoms with Gasteiger partial charge in [0.05, 0.1) is 10.7 Å². The normalized spacial score (nSPS) is 11.0. The molecule has 0 bridgehead atoms. The van der Waals surface area contributed by atoms with Crippen LogP contribution >= 0.6 is 11.6 Å². The highest BCUT2D eigenvalue weighted by atomic mass is 35.5. The molecule has 0 aliphatic carbocycles. The monoisotopic (exact) mass is 298 g/mol. The second-order valence-corrected chi connectivity index (χ2v) is 5.70. The molecule has 1 aromatic carbocycles. The molecule has 0 amide bonds. The third-order valence-corrected chi connectivity index (χ3v) is 3.79. The Labute approximate surface area is 128 Å². The first-order valence-electron chi connectivity index (χ1n) is 6.76. The number of fused-ring (bicyclic) bond motifs is 1. The molecule has 3 rings (SSSR count). The van der Waals surface area contributed by atoms with Crippen LogP contribution in [0.5, 0.6) is 0 Å². The maximum Gasteiger partial charge on any atom is 0.168 e. The number of aldehydes is 1. The summed E-state index contributed by atoms with van der Waals surface area (Å²) in [5.41, 5.74) is 5.43. The molecule has 0 radical (unpaired) electrons. The van der Waals surface area contributed by atoms with Crippen molar-refractivity contribution in [2.75, 3.05) is 0 Å². The first kappa shape index (κ1) is 13.8. The Hall–Kier alpha value is -2.13. The lowest BCUT2D eigenvalue weighted by Crippen LogP contribution is -1.97. The molecule has 3 aromatic rings. The maximum atomic E-state index is 11.5. The van der Waals surface area contributed by atoms with Crippen LogP contribution in [0.15, 0.2) is 36.5 Å². The van der Waals surface area contributed by atoms with Crippen molar-refractivity contribution in [1.82, 2.24) is 9.38 Å². The van der Waals surface area contributed by atoms with Gasteiger partial charge in [0.15, 0.2) is 6.29 Å². The summed E-state index contributed by atoms with van der Waals surface area (Å²) in [6.45, 7) is 4.00. The molecule has 0 N–H and O–H groups in total. The Bertz CT molecular complexity index is 819. The van der Waals surface area contributed by atoms with E-state index < -0.39 is 0 Å². The van der Waals surface area contributed by atoms with Crippen LogP contribution in [-0.4, -0.2) is 15.7 Å². The van der Waals surface area contributed by atoms with Gasteiger partial charge in [-0.1, -0.05) is 41.4 Å². The maximum absolute atomic E-state index is 11.5. The van der Waals surface area contributed by atoms with Crippen LogP contribution < -0.4 is 0 Å². The molecule has 0 saturated heterocycles. The Morgan fingerprint density at radius 3 is 2.62 bits per heavy atom. The number of rotatable bonds is 3. The minimum absolute atomic E-state index is 0.566. The van der Waals surface area contributed by atoms with Crippen LogP contribution in [0, 0.1) is 13.8 Å². The number of aryl methyl sites for hydroxylation is 2. The van der Waals surface area contributed by atoms with E-state index in [0.29, 0.717) is 17.1 Å². The minimum atomic E-state index is 0.566. The molecule has 2 aromatic heterocycles. The molecule has 0 saturated carbocycles. The third-order valence-electron chi connectivity index (χ3n) is 3.59. The van der Waals surface area contributed by atoms with Gasteiger partial charge in [-0.2, -0.15) is 0 Å². The number of hydrogen-bond acceptors (Lipinski definition) is 2. The van der Waals surface area contributed by atoms with Gasteiger partial charge in [0.1, 0.15) is 11.3 Å². The molecule has 21 heavy (non-hydrogen) atoms. The van der Waals surface area contributed by atoms with Gasteiger partial charge < -0.3 is 0 Å². The summed E-state index contributed by atoms with van der Waals surface area (Å²) in [6, 6.07) is 10.1. The van der Waals surface area contributed by atoms with E-state index in [-0.39, 0.29) is 0 Å². The number of imidazole rings is 1. The fraction of sp³-hybridized carbons (Fsp3) is 0.176. The fourth-order valence-corrected chi connectivity index (χ4v) is 2.75. The van der Waals surface area contributed by atoms with Gasteiger partial charge >= 0.3 is 0 Å². The molecule has 0 spiro atoms. The number of benzene rings is 1. The standard InChI is InChI=1S/C17H15ClN2O/c1-11-3-5-13(6-4-11)8-15-16(10-21)20-9-14(18)7-12(2)17(20)19-15/h3-7,9-10H,8H2,1-2H3. The summed E-state index contributed by atoms with van der Waals surface area (Å²) in [5, 5.41) is 0.599. The number of nitrogens with zero attached hydrogens (tertiary/aromatic N) is 2. The highest BCUT2D eigenvalue weighted by molar-refractivity contribution is 6.30. The molecular formula is C17H15ClN2O. The van der Waals surface area contributed by atoms with E-state index in [4.69, 9.17) is 11.6 Å². The zero-order valence-electron chi connectivity index (χ0n) is 11.9. The van der Waals surface area contributed by atoms with E-state index in [1.54, 1.807) is 10.6 Å². The molecule has 0 fully saturated rings. The van der Waals surface area contributed by atoms with E-state index in [2.05, 4.69) is 36.2 Å². The molecule has 2 heterocycles. The summed E-state index contributed by atoms with van der Waals surface area (Å²) in [6.07, 6.45) is 3.21. The number of halogens is 1. The zero-order chi connectivity index (χ0) is 15.0. The molecule has 0 atom stereocenters. The minimum Gasteiger partial charge on any atom is -0.296 e. The van der Waals surface area contributed by atoms with E-state index in [0.717, 1.165) is 28.8 Å². The highest BCUT2D eigenvalue weighted by Crippen LogP contribution is 2.21. The van der Waals surface area contributed by atoms with Gasteiger partial charge in [-0.15, -0.1) is 0 Å². The summed E-state index contributed by atoms with van der Waals surface area (Å²) in [7, 11) is 0. The van der Waals surface area contributed by atoms with Crippen LogP contribution in [0.1, 0.15) is 32.9 Å². The Kier molecular flexibility index (Phi) is 3.52. The topological polar surface area (TPSA) is 34.4 Å². The van der Waals surface area contributed by atoms with E-state index in [9.17, 15) is 4.79 Å². The highest BCUT2D eigenvalue weighted by Gasteiger charge is 2.14. The zero-order valence-corrected chi connectivity index (χ0v) is 12.7. The van der Waals surface area contributed by atoms with Gasteiger partial charge in [-0.05, 0) is 31.0 Å².